The minimum atomic E-state index is -0.0438. The monoisotopic (exact) mass is 262 g/mol. The second-order valence-corrected chi connectivity index (χ2v) is 5.53. The number of fused-ring (bicyclic) bond motifs is 1. The number of rotatable bonds is 6. The molecular weight excluding hydrogens is 236 g/mol. The number of aryl methyl sites for hydroxylation is 1. The van der Waals surface area contributed by atoms with Gasteiger partial charge in [0.1, 0.15) is 5.75 Å². The Morgan fingerprint density at radius 3 is 2.47 bits per heavy atom. The summed E-state index contributed by atoms with van der Waals surface area (Å²) >= 11 is 0. The van der Waals surface area contributed by atoms with Crippen LogP contribution in [0.5, 0.6) is 5.75 Å². The highest BCUT2D eigenvalue weighted by Crippen LogP contribution is 2.32. The minimum absolute atomic E-state index is 0.0438. The van der Waals surface area contributed by atoms with E-state index in [0.29, 0.717) is 5.75 Å². The lowest BCUT2D eigenvalue weighted by Crippen LogP contribution is -2.60. The van der Waals surface area contributed by atoms with Gasteiger partial charge >= 0.3 is 0 Å². The van der Waals surface area contributed by atoms with E-state index in [1.54, 1.807) is 6.07 Å². The third-order valence-corrected chi connectivity index (χ3v) is 3.97. The normalized spacial score (nSPS) is 17.2. The predicted molar refractivity (Wildman–Crippen MR) is 79.5 cm³/mol. The van der Waals surface area contributed by atoms with Gasteiger partial charge < -0.3 is 5.11 Å². The molecule has 19 heavy (non-hydrogen) atoms. The Hall–Kier alpha value is -1.06. The van der Waals surface area contributed by atoms with E-state index in [1.165, 1.54) is 5.56 Å². The zero-order chi connectivity index (χ0) is 13.7. The first-order valence-corrected chi connectivity index (χ1v) is 7.50. The highest BCUT2D eigenvalue weighted by atomic mass is 16.3. The van der Waals surface area contributed by atoms with Crippen LogP contribution in [0.4, 0.5) is 0 Å². The second-order valence-electron chi connectivity index (χ2n) is 5.53. The highest BCUT2D eigenvalue weighted by molar-refractivity contribution is 5.42. The molecule has 1 aliphatic rings. The smallest absolute Gasteiger partial charge is 0.119 e. The van der Waals surface area contributed by atoms with Gasteiger partial charge in [-0.2, -0.15) is 0 Å². The zero-order valence-electron chi connectivity index (χ0n) is 12.1. The number of hydrogen-bond donors (Lipinski definition) is 3. The molecule has 1 aromatic carbocycles. The molecule has 0 saturated heterocycles. The maximum Gasteiger partial charge on any atom is 0.119 e. The average Bonchev–Trinajstić information content (AvgIpc) is 2.44. The van der Waals surface area contributed by atoms with Crippen LogP contribution in [0.15, 0.2) is 18.2 Å². The Balaban J connectivity index is 2.19. The van der Waals surface area contributed by atoms with Crippen molar-refractivity contribution in [3.05, 3.63) is 29.3 Å². The number of phenols is 1. The maximum atomic E-state index is 10.1. The highest BCUT2D eigenvalue weighted by Gasteiger charge is 2.34. The van der Waals surface area contributed by atoms with Crippen LogP contribution in [-0.4, -0.2) is 23.9 Å². The Morgan fingerprint density at radius 2 is 1.84 bits per heavy atom. The van der Waals surface area contributed by atoms with Crippen LogP contribution in [0.2, 0.25) is 0 Å². The third-order valence-electron chi connectivity index (χ3n) is 3.97. The molecule has 3 N–H and O–H groups in total. The molecule has 0 unspecified atom stereocenters. The molecular formula is C16H26N2O. The van der Waals surface area contributed by atoms with Gasteiger partial charge in [0.25, 0.3) is 0 Å². The summed E-state index contributed by atoms with van der Waals surface area (Å²) in [6.45, 7) is 6.41. The topological polar surface area (TPSA) is 44.3 Å². The Bertz CT molecular complexity index is 409. The molecule has 3 nitrogen and oxygen atoms in total. The van der Waals surface area contributed by atoms with E-state index in [-0.39, 0.29) is 5.66 Å². The third kappa shape index (κ3) is 3.28. The number of aromatic hydroxyl groups is 1. The first-order valence-electron chi connectivity index (χ1n) is 7.50. The molecule has 2 rings (SSSR count). The van der Waals surface area contributed by atoms with E-state index in [0.717, 1.165) is 50.8 Å². The molecule has 0 aliphatic heterocycles. The molecule has 0 amide bonds. The Labute approximate surface area is 116 Å². The molecule has 0 fully saturated rings. The van der Waals surface area contributed by atoms with Crippen molar-refractivity contribution in [3.8, 4) is 5.75 Å². The number of hydrogen-bond acceptors (Lipinski definition) is 3. The number of benzene rings is 1. The molecule has 1 aliphatic carbocycles. The zero-order valence-corrected chi connectivity index (χ0v) is 12.1. The molecule has 1 aromatic rings. The molecule has 0 spiro atoms. The fraction of sp³-hybridized carbons (Fsp3) is 0.625. The Morgan fingerprint density at radius 1 is 1.16 bits per heavy atom. The van der Waals surface area contributed by atoms with Crippen molar-refractivity contribution in [2.75, 3.05) is 13.1 Å². The number of phenolic OH excluding ortho intramolecular Hbond substituents is 1. The van der Waals surface area contributed by atoms with Crippen molar-refractivity contribution in [1.29, 1.82) is 0 Å². The van der Waals surface area contributed by atoms with Gasteiger partial charge in [-0.15, -0.1) is 0 Å². The standard InChI is InChI=1S/C16H26N2O/c1-3-10-17-16(18-11-4-2)9-8-13-6-5-7-15(19)14(13)12-16/h5-7,17-19H,3-4,8-12H2,1-2H3. The van der Waals surface area contributed by atoms with Gasteiger partial charge in [0.05, 0.1) is 5.66 Å². The van der Waals surface area contributed by atoms with Gasteiger partial charge in [-0.1, -0.05) is 26.0 Å². The molecule has 0 heterocycles. The lowest BCUT2D eigenvalue weighted by atomic mass is 9.82. The van der Waals surface area contributed by atoms with E-state index < -0.39 is 0 Å². The first kappa shape index (κ1) is 14.4. The number of nitrogens with one attached hydrogen (secondary N) is 2. The molecule has 0 bridgehead atoms. The lowest BCUT2D eigenvalue weighted by molar-refractivity contribution is 0.222. The molecule has 0 atom stereocenters. The summed E-state index contributed by atoms with van der Waals surface area (Å²) in [4.78, 5) is 0. The van der Waals surface area contributed by atoms with Gasteiger partial charge in [-0.05, 0) is 50.4 Å². The van der Waals surface area contributed by atoms with Crippen molar-refractivity contribution in [3.63, 3.8) is 0 Å². The molecule has 0 radical (unpaired) electrons. The maximum absolute atomic E-state index is 10.1. The summed E-state index contributed by atoms with van der Waals surface area (Å²) in [6.07, 6.45) is 5.24. The fourth-order valence-electron chi connectivity index (χ4n) is 2.89. The van der Waals surface area contributed by atoms with E-state index in [1.807, 2.05) is 6.07 Å². The molecule has 0 saturated carbocycles. The van der Waals surface area contributed by atoms with Crippen molar-refractivity contribution in [2.45, 2.75) is 51.6 Å². The SMILES string of the molecule is CCCNC1(NCCC)CCc2cccc(O)c2C1. The van der Waals surface area contributed by atoms with Crippen LogP contribution >= 0.6 is 0 Å². The summed E-state index contributed by atoms with van der Waals surface area (Å²) in [5, 5.41) is 17.4. The fourth-order valence-corrected chi connectivity index (χ4v) is 2.89. The predicted octanol–water partition coefficient (Wildman–Crippen LogP) is 2.58. The molecule has 0 aromatic heterocycles. The van der Waals surface area contributed by atoms with Gasteiger partial charge in [-0.3, -0.25) is 10.6 Å². The summed E-state index contributed by atoms with van der Waals surface area (Å²) < 4.78 is 0. The van der Waals surface area contributed by atoms with Gasteiger partial charge in [0, 0.05) is 12.0 Å². The van der Waals surface area contributed by atoms with Gasteiger partial charge in [-0.25, -0.2) is 0 Å². The van der Waals surface area contributed by atoms with E-state index in [4.69, 9.17) is 0 Å². The van der Waals surface area contributed by atoms with E-state index in [9.17, 15) is 5.11 Å². The van der Waals surface area contributed by atoms with Crippen LogP contribution in [-0.2, 0) is 12.8 Å². The molecule has 106 valence electrons. The van der Waals surface area contributed by atoms with Crippen LogP contribution in [0, 0.1) is 0 Å². The van der Waals surface area contributed by atoms with Crippen molar-refractivity contribution < 1.29 is 5.11 Å². The minimum Gasteiger partial charge on any atom is -0.508 e. The van der Waals surface area contributed by atoms with Crippen LogP contribution in [0.3, 0.4) is 0 Å². The Kier molecular flexibility index (Phi) is 4.83. The quantitative estimate of drug-likeness (QED) is 0.690. The van der Waals surface area contributed by atoms with Crippen molar-refractivity contribution >= 4 is 0 Å². The molecule has 3 heteroatoms. The average molecular weight is 262 g/mol. The van der Waals surface area contributed by atoms with E-state index in [2.05, 4.69) is 30.5 Å². The summed E-state index contributed by atoms with van der Waals surface area (Å²) in [7, 11) is 0. The first-order chi connectivity index (χ1) is 9.21. The second kappa shape index (κ2) is 6.40. The van der Waals surface area contributed by atoms with E-state index >= 15 is 0 Å². The summed E-state index contributed by atoms with van der Waals surface area (Å²) in [6, 6.07) is 5.88. The van der Waals surface area contributed by atoms with Crippen LogP contribution in [0.25, 0.3) is 0 Å². The lowest BCUT2D eigenvalue weighted by Gasteiger charge is -2.40. The van der Waals surface area contributed by atoms with Crippen molar-refractivity contribution in [1.82, 2.24) is 10.6 Å². The summed E-state index contributed by atoms with van der Waals surface area (Å²) in [5.41, 5.74) is 2.37. The van der Waals surface area contributed by atoms with Gasteiger partial charge in [0.2, 0.25) is 0 Å². The van der Waals surface area contributed by atoms with Gasteiger partial charge in [0.15, 0.2) is 0 Å². The summed E-state index contributed by atoms with van der Waals surface area (Å²) in [5.74, 6) is 0.443. The van der Waals surface area contributed by atoms with Crippen molar-refractivity contribution in [2.24, 2.45) is 0 Å². The largest absolute Gasteiger partial charge is 0.508 e. The van der Waals surface area contributed by atoms with Crippen LogP contribution in [0.1, 0.15) is 44.2 Å². The van der Waals surface area contributed by atoms with Crippen LogP contribution < -0.4 is 10.6 Å².